The minimum absolute atomic E-state index is 0.0389. The lowest BCUT2D eigenvalue weighted by Gasteiger charge is -2.29. The normalized spacial score (nSPS) is 24.1. The summed E-state index contributed by atoms with van der Waals surface area (Å²) >= 11 is 7.05. The number of carbonyl (C=O) groups excluding carboxylic acids is 1. The molecule has 0 aromatic heterocycles. The molecule has 2 amide bonds. The minimum Gasteiger partial charge on any atom is -0.338 e. The minimum atomic E-state index is -0.0494. The Kier molecular flexibility index (Phi) is 7.45. The summed E-state index contributed by atoms with van der Waals surface area (Å²) in [6, 6.07) is 21.1. The Bertz CT molecular complexity index is 835. The summed E-state index contributed by atoms with van der Waals surface area (Å²) in [5.41, 5.74) is 2.64. The van der Waals surface area contributed by atoms with Gasteiger partial charge in [-0.3, -0.25) is 4.90 Å². The molecule has 1 saturated heterocycles. The van der Waals surface area contributed by atoms with Gasteiger partial charge in [-0.25, -0.2) is 4.79 Å². The molecule has 0 bridgehead atoms. The molecule has 2 aliphatic rings. The molecule has 4 rings (SSSR count). The number of urea groups is 1. The van der Waals surface area contributed by atoms with Crippen LogP contribution in [-0.4, -0.2) is 27.5 Å². The molecule has 158 valence electrons. The Balaban J connectivity index is 1.19. The quantitative estimate of drug-likeness (QED) is 0.411. The van der Waals surface area contributed by atoms with Crippen molar-refractivity contribution >= 4 is 34.3 Å². The zero-order valence-corrected chi connectivity index (χ0v) is 19.0. The summed E-state index contributed by atoms with van der Waals surface area (Å²) in [6.45, 7) is 0.725. The third-order valence-electron chi connectivity index (χ3n) is 6.46. The van der Waals surface area contributed by atoms with Crippen LogP contribution in [0.1, 0.15) is 61.6 Å². The predicted molar refractivity (Wildman–Crippen MR) is 130 cm³/mol. The van der Waals surface area contributed by atoms with Crippen LogP contribution in [0.2, 0.25) is 0 Å². The fourth-order valence-corrected chi connectivity index (χ4v) is 6.15. The smallest absolute Gasteiger partial charge is 0.323 e. The van der Waals surface area contributed by atoms with Crippen LogP contribution in [0.3, 0.4) is 0 Å². The Morgan fingerprint density at radius 1 is 0.967 bits per heavy atom. The van der Waals surface area contributed by atoms with Crippen molar-refractivity contribution in [3.8, 4) is 0 Å². The SMILES string of the molecule is O=C(NCCCC1CCC(c2ccccc2)CC1)N1C(=S)SCC1c1ccccc1. The average molecular weight is 439 g/mol. The molecule has 1 heterocycles. The van der Waals surface area contributed by atoms with Crippen LogP contribution in [0.4, 0.5) is 4.79 Å². The van der Waals surface area contributed by atoms with Crippen LogP contribution >= 0.6 is 24.0 Å². The molecule has 1 aliphatic carbocycles. The van der Waals surface area contributed by atoms with Crippen molar-refractivity contribution in [1.29, 1.82) is 0 Å². The van der Waals surface area contributed by atoms with E-state index >= 15 is 0 Å². The first-order chi connectivity index (χ1) is 14.7. The molecule has 3 nitrogen and oxygen atoms in total. The maximum Gasteiger partial charge on any atom is 0.323 e. The van der Waals surface area contributed by atoms with Gasteiger partial charge < -0.3 is 5.32 Å². The van der Waals surface area contributed by atoms with Crippen LogP contribution in [0.5, 0.6) is 0 Å². The van der Waals surface area contributed by atoms with E-state index in [-0.39, 0.29) is 12.1 Å². The van der Waals surface area contributed by atoms with Crippen molar-refractivity contribution < 1.29 is 4.79 Å². The predicted octanol–water partition coefficient (Wildman–Crippen LogP) is 6.53. The number of nitrogens with zero attached hydrogens (tertiary/aromatic N) is 1. The molecule has 0 radical (unpaired) electrons. The Morgan fingerprint density at radius 3 is 2.27 bits per heavy atom. The van der Waals surface area contributed by atoms with E-state index in [2.05, 4.69) is 47.8 Å². The number of rotatable bonds is 6. The molecule has 2 fully saturated rings. The number of nitrogens with one attached hydrogen (secondary N) is 1. The first-order valence-corrected chi connectivity index (χ1v) is 12.5. The Labute approximate surface area is 189 Å². The lowest BCUT2D eigenvalue weighted by atomic mass is 9.77. The van der Waals surface area contributed by atoms with Gasteiger partial charge in [-0.1, -0.05) is 84.6 Å². The summed E-state index contributed by atoms with van der Waals surface area (Å²) in [6.07, 6.45) is 7.42. The van der Waals surface area contributed by atoms with Crippen molar-refractivity contribution in [2.45, 2.75) is 50.5 Å². The fraction of sp³-hybridized carbons (Fsp3) is 0.440. The monoisotopic (exact) mass is 438 g/mol. The molecule has 2 aromatic carbocycles. The van der Waals surface area contributed by atoms with E-state index in [0.717, 1.165) is 36.1 Å². The highest BCUT2D eigenvalue weighted by Crippen LogP contribution is 2.37. The molecule has 30 heavy (non-hydrogen) atoms. The second kappa shape index (κ2) is 10.5. The second-order valence-corrected chi connectivity index (χ2v) is 10.0. The highest BCUT2D eigenvalue weighted by molar-refractivity contribution is 8.23. The van der Waals surface area contributed by atoms with E-state index in [1.54, 1.807) is 16.7 Å². The number of amides is 2. The molecule has 5 heteroatoms. The summed E-state index contributed by atoms with van der Waals surface area (Å²) < 4.78 is 0.681. The second-order valence-electron chi connectivity index (χ2n) is 8.38. The third kappa shape index (κ3) is 5.25. The van der Waals surface area contributed by atoms with Gasteiger partial charge in [-0.05, 0) is 61.5 Å². The van der Waals surface area contributed by atoms with Crippen LogP contribution in [-0.2, 0) is 0 Å². The van der Waals surface area contributed by atoms with E-state index in [1.165, 1.54) is 37.7 Å². The maximum atomic E-state index is 12.8. The fourth-order valence-electron chi connectivity index (χ4n) is 4.75. The molecule has 1 N–H and O–H groups in total. The third-order valence-corrected chi connectivity index (χ3v) is 7.94. The van der Waals surface area contributed by atoms with Crippen molar-refractivity contribution in [3.05, 3.63) is 71.8 Å². The standard InChI is InChI=1S/C25H30N2OS2/c28-24(27-23(18-30-25(27)29)22-11-5-2-6-12-22)26-17-7-8-19-13-15-21(16-14-19)20-9-3-1-4-10-20/h1-6,9-12,19,21,23H,7-8,13-18H2,(H,26,28). The highest BCUT2D eigenvalue weighted by Gasteiger charge is 2.34. The number of carbonyl (C=O) groups is 1. The molecule has 1 saturated carbocycles. The summed E-state index contributed by atoms with van der Waals surface area (Å²) in [7, 11) is 0. The first-order valence-electron chi connectivity index (χ1n) is 11.1. The Hall–Kier alpha value is -1.85. The van der Waals surface area contributed by atoms with Gasteiger partial charge in [0, 0.05) is 12.3 Å². The number of benzene rings is 2. The van der Waals surface area contributed by atoms with Gasteiger partial charge in [-0.15, -0.1) is 0 Å². The number of hydrogen-bond acceptors (Lipinski definition) is 3. The highest BCUT2D eigenvalue weighted by atomic mass is 32.2. The first kappa shape index (κ1) is 21.4. The van der Waals surface area contributed by atoms with E-state index in [0.29, 0.717) is 4.32 Å². The molecule has 0 spiro atoms. The van der Waals surface area contributed by atoms with Gasteiger partial charge in [0.25, 0.3) is 0 Å². The number of thioether (sulfide) groups is 1. The summed E-state index contributed by atoms with van der Waals surface area (Å²) in [5.74, 6) is 2.36. The van der Waals surface area contributed by atoms with Gasteiger partial charge >= 0.3 is 6.03 Å². The van der Waals surface area contributed by atoms with Crippen LogP contribution in [0.15, 0.2) is 60.7 Å². The van der Waals surface area contributed by atoms with Crippen molar-refractivity contribution in [1.82, 2.24) is 10.2 Å². The van der Waals surface area contributed by atoms with Gasteiger partial charge in [0.1, 0.15) is 4.32 Å². The zero-order chi connectivity index (χ0) is 20.8. The molecule has 1 aliphatic heterocycles. The zero-order valence-electron chi connectivity index (χ0n) is 17.3. The number of hydrogen-bond donors (Lipinski definition) is 1. The summed E-state index contributed by atoms with van der Waals surface area (Å²) in [5, 5.41) is 3.12. The summed E-state index contributed by atoms with van der Waals surface area (Å²) in [4.78, 5) is 14.6. The average Bonchev–Trinajstić information content (AvgIpc) is 3.20. The molecular weight excluding hydrogens is 408 g/mol. The van der Waals surface area contributed by atoms with Gasteiger partial charge in [0.15, 0.2) is 0 Å². The number of thiocarbonyl (C=S) groups is 1. The molecule has 2 aromatic rings. The van der Waals surface area contributed by atoms with E-state index < -0.39 is 0 Å². The van der Waals surface area contributed by atoms with Crippen molar-refractivity contribution in [3.63, 3.8) is 0 Å². The van der Waals surface area contributed by atoms with Gasteiger partial charge in [0.2, 0.25) is 0 Å². The van der Waals surface area contributed by atoms with Crippen LogP contribution in [0.25, 0.3) is 0 Å². The van der Waals surface area contributed by atoms with Gasteiger partial charge in [0.05, 0.1) is 6.04 Å². The lowest BCUT2D eigenvalue weighted by Crippen LogP contribution is -2.41. The van der Waals surface area contributed by atoms with Crippen LogP contribution in [0, 0.1) is 5.92 Å². The van der Waals surface area contributed by atoms with Crippen LogP contribution < -0.4 is 5.32 Å². The lowest BCUT2D eigenvalue weighted by molar-refractivity contribution is 0.213. The Morgan fingerprint density at radius 2 is 1.60 bits per heavy atom. The van der Waals surface area contributed by atoms with Crippen molar-refractivity contribution in [2.75, 3.05) is 12.3 Å². The van der Waals surface area contributed by atoms with E-state index in [1.807, 2.05) is 18.2 Å². The van der Waals surface area contributed by atoms with Gasteiger partial charge in [-0.2, -0.15) is 0 Å². The molecular formula is C25H30N2OS2. The molecule has 1 unspecified atom stereocenters. The van der Waals surface area contributed by atoms with E-state index in [4.69, 9.17) is 12.2 Å². The topological polar surface area (TPSA) is 32.3 Å². The van der Waals surface area contributed by atoms with E-state index in [9.17, 15) is 4.79 Å². The largest absolute Gasteiger partial charge is 0.338 e. The van der Waals surface area contributed by atoms with Crippen molar-refractivity contribution in [2.24, 2.45) is 5.92 Å². The maximum absolute atomic E-state index is 12.8. The molecule has 1 atom stereocenters.